The first-order valence-electron chi connectivity index (χ1n) is 11.5. The average molecular weight is 469 g/mol. The van der Waals surface area contributed by atoms with Crippen LogP contribution >= 0.6 is 0 Å². The first-order chi connectivity index (χ1) is 17.8. The second-order valence-electron chi connectivity index (χ2n) is 8.13. The minimum absolute atomic E-state index is 0.497. The van der Waals surface area contributed by atoms with E-state index in [0.717, 1.165) is 33.4 Å². The van der Waals surface area contributed by atoms with Gasteiger partial charge in [-0.15, -0.1) is 20.4 Å². The molecule has 0 aliphatic rings. The van der Waals surface area contributed by atoms with Crippen LogP contribution in [-0.2, 0) is 0 Å². The van der Waals surface area contributed by atoms with Crippen molar-refractivity contribution in [2.75, 3.05) is 0 Å². The van der Waals surface area contributed by atoms with Gasteiger partial charge in [0.15, 0.2) is 0 Å². The second-order valence-corrected chi connectivity index (χ2v) is 8.13. The van der Waals surface area contributed by atoms with E-state index < -0.39 is 0 Å². The molecule has 6 nitrogen and oxygen atoms in total. The summed E-state index contributed by atoms with van der Waals surface area (Å²) in [4.78, 5) is 0. The third kappa shape index (κ3) is 4.60. The van der Waals surface area contributed by atoms with Crippen LogP contribution in [0.3, 0.4) is 0 Å². The molecule has 6 heteroatoms. The van der Waals surface area contributed by atoms with Crippen molar-refractivity contribution in [2.24, 2.45) is 0 Å². The van der Waals surface area contributed by atoms with Gasteiger partial charge in [0.2, 0.25) is 23.6 Å². The molecule has 0 fully saturated rings. The third-order valence-corrected chi connectivity index (χ3v) is 5.67. The maximum Gasteiger partial charge on any atom is 0.248 e. The SMILES string of the molecule is C(=Cc1ccc(-c2nnc(-c3ccccc3)o2)cc1)c1ccc(-c2nnc(-c3ccccc3)o2)cc1. The van der Waals surface area contributed by atoms with E-state index in [1.807, 2.05) is 109 Å². The molecule has 6 rings (SSSR count). The van der Waals surface area contributed by atoms with Crippen LogP contribution in [0.2, 0.25) is 0 Å². The highest BCUT2D eigenvalue weighted by Gasteiger charge is 2.11. The van der Waals surface area contributed by atoms with E-state index in [9.17, 15) is 0 Å². The van der Waals surface area contributed by atoms with Crippen molar-refractivity contribution >= 4 is 12.2 Å². The normalized spacial score (nSPS) is 11.2. The van der Waals surface area contributed by atoms with Crippen LogP contribution in [0.1, 0.15) is 11.1 Å². The number of benzene rings is 4. The predicted octanol–water partition coefficient (Wildman–Crippen LogP) is 7.29. The number of rotatable bonds is 6. The summed E-state index contributed by atoms with van der Waals surface area (Å²) in [6, 6.07) is 35.5. The average Bonchev–Trinajstić information content (AvgIpc) is 3.65. The van der Waals surface area contributed by atoms with Crippen molar-refractivity contribution in [3.63, 3.8) is 0 Å². The van der Waals surface area contributed by atoms with Crippen LogP contribution < -0.4 is 0 Å². The van der Waals surface area contributed by atoms with Gasteiger partial charge >= 0.3 is 0 Å². The quantitative estimate of drug-likeness (QED) is 0.239. The molecule has 0 radical (unpaired) electrons. The first-order valence-corrected chi connectivity index (χ1v) is 11.5. The lowest BCUT2D eigenvalue weighted by Gasteiger charge is -1.99. The molecule has 0 unspecified atom stereocenters. The monoisotopic (exact) mass is 468 g/mol. The van der Waals surface area contributed by atoms with Crippen LogP contribution in [0.25, 0.3) is 58.0 Å². The van der Waals surface area contributed by atoms with E-state index in [2.05, 4.69) is 32.5 Å². The summed E-state index contributed by atoms with van der Waals surface area (Å²) in [7, 11) is 0. The molecule has 0 aliphatic heterocycles. The van der Waals surface area contributed by atoms with Gasteiger partial charge in [-0.3, -0.25) is 0 Å². The maximum atomic E-state index is 5.84. The van der Waals surface area contributed by atoms with E-state index in [-0.39, 0.29) is 0 Å². The molecule has 36 heavy (non-hydrogen) atoms. The molecule has 2 heterocycles. The summed E-state index contributed by atoms with van der Waals surface area (Å²) >= 11 is 0. The fourth-order valence-corrected chi connectivity index (χ4v) is 3.74. The van der Waals surface area contributed by atoms with Gasteiger partial charge in [0.1, 0.15) is 0 Å². The highest BCUT2D eigenvalue weighted by atomic mass is 16.4. The van der Waals surface area contributed by atoms with E-state index in [0.29, 0.717) is 23.6 Å². The molecular formula is C30H20N4O2. The Labute approximate surface area is 207 Å². The van der Waals surface area contributed by atoms with E-state index in [1.54, 1.807) is 0 Å². The smallest absolute Gasteiger partial charge is 0.248 e. The van der Waals surface area contributed by atoms with Crippen LogP contribution in [-0.4, -0.2) is 20.4 Å². The van der Waals surface area contributed by atoms with Crippen molar-refractivity contribution < 1.29 is 8.83 Å². The summed E-state index contributed by atoms with van der Waals surface area (Å²) in [5, 5.41) is 16.7. The Kier molecular flexibility index (Phi) is 5.74. The fraction of sp³-hybridized carbons (Fsp3) is 0. The number of nitrogens with zero attached hydrogens (tertiary/aromatic N) is 4. The minimum Gasteiger partial charge on any atom is -0.416 e. The molecule has 2 aromatic heterocycles. The molecule has 0 saturated heterocycles. The Morgan fingerprint density at radius 3 is 1.00 bits per heavy atom. The predicted molar refractivity (Wildman–Crippen MR) is 139 cm³/mol. The zero-order valence-electron chi connectivity index (χ0n) is 19.2. The highest BCUT2D eigenvalue weighted by molar-refractivity contribution is 5.72. The van der Waals surface area contributed by atoms with Crippen LogP contribution in [0.5, 0.6) is 0 Å². The Balaban J connectivity index is 1.13. The molecule has 0 amide bonds. The van der Waals surface area contributed by atoms with Crippen molar-refractivity contribution in [1.82, 2.24) is 20.4 Å². The third-order valence-electron chi connectivity index (χ3n) is 5.67. The Bertz CT molecular complexity index is 1480. The van der Waals surface area contributed by atoms with Gasteiger partial charge in [0, 0.05) is 22.3 Å². The van der Waals surface area contributed by atoms with E-state index in [1.165, 1.54) is 0 Å². The van der Waals surface area contributed by atoms with Crippen LogP contribution in [0.15, 0.2) is 118 Å². The van der Waals surface area contributed by atoms with E-state index >= 15 is 0 Å². The molecule has 0 atom stereocenters. The van der Waals surface area contributed by atoms with Crippen molar-refractivity contribution in [3.05, 3.63) is 120 Å². The van der Waals surface area contributed by atoms with Gasteiger partial charge in [0.25, 0.3) is 0 Å². The second kappa shape index (κ2) is 9.64. The highest BCUT2D eigenvalue weighted by Crippen LogP contribution is 2.26. The lowest BCUT2D eigenvalue weighted by molar-refractivity contribution is 0.584. The van der Waals surface area contributed by atoms with Crippen molar-refractivity contribution in [1.29, 1.82) is 0 Å². The zero-order chi connectivity index (χ0) is 24.2. The molecule has 0 N–H and O–H groups in total. The summed E-state index contributed by atoms with van der Waals surface area (Å²) < 4.78 is 11.7. The lowest BCUT2D eigenvalue weighted by atomic mass is 10.1. The standard InChI is InChI=1S/C30H20N4O2/c1-3-7-23(8-4-1)27-31-33-29(35-27)25-17-13-21(14-18-25)11-12-22-15-19-26(20-16-22)30-34-32-28(36-30)24-9-5-2-6-10-24/h1-20H. The zero-order valence-corrected chi connectivity index (χ0v) is 19.2. The van der Waals surface area contributed by atoms with Gasteiger partial charge in [-0.2, -0.15) is 0 Å². The first kappa shape index (κ1) is 21.4. The van der Waals surface area contributed by atoms with Gasteiger partial charge in [-0.05, 0) is 59.7 Å². The Morgan fingerprint density at radius 2 is 0.667 bits per heavy atom. The van der Waals surface area contributed by atoms with Gasteiger partial charge in [0.05, 0.1) is 0 Å². The number of hydrogen-bond donors (Lipinski definition) is 0. The molecule has 172 valence electrons. The maximum absolute atomic E-state index is 5.84. The van der Waals surface area contributed by atoms with E-state index in [4.69, 9.17) is 8.83 Å². The molecule has 6 aromatic rings. The summed E-state index contributed by atoms with van der Waals surface area (Å²) in [5.74, 6) is 2.01. The van der Waals surface area contributed by atoms with Gasteiger partial charge in [-0.1, -0.05) is 72.8 Å². The largest absolute Gasteiger partial charge is 0.416 e. The molecular weight excluding hydrogens is 448 g/mol. The lowest BCUT2D eigenvalue weighted by Crippen LogP contribution is -1.80. The minimum atomic E-state index is 0.497. The molecule has 0 aliphatic carbocycles. The molecule has 4 aromatic carbocycles. The summed E-state index contributed by atoms with van der Waals surface area (Å²) in [6.07, 6.45) is 4.12. The molecule has 0 saturated carbocycles. The van der Waals surface area contributed by atoms with Crippen LogP contribution in [0.4, 0.5) is 0 Å². The number of hydrogen-bond acceptors (Lipinski definition) is 6. The fourth-order valence-electron chi connectivity index (χ4n) is 3.74. The van der Waals surface area contributed by atoms with Crippen LogP contribution in [0, 0.1) is 0 Å². The molecule has 0 bridgehead atoms. The Morgan fingerprint density at radius 1 is 0.361 bits per heavy atom. The number of aromatic nitrogens is 4. The summed E-state index contributed by atoms with van der Waals surface area (Å²) in [6.45, 7) is 0. The van der Waals surface area contributed by atoms with Crippen molar-refractivity contribution in [2.45, 2.75) is 0 Å². The molecule has 0 spiro atoms. The Hall–Kier alpha value is -5.10. The van der Waals surface area contributed by atoms with Crippen molar-refractivity contribution in [3.8, 4) is 45.8 Å². The van der Waals surface area contributed by atoms with Gasteiger partial charge < -0.3 is 8.83 Å². The topological polar surface area (TPSA) is 77.8 Å². The van der Waals surface area contributed by atoms with Gasteiger partial charge in [-0.25, -0.2) is 0 Å². The summed E-state index contributed by atoms with van der Waals surface area (Å²) in [5.41, 5.74) is 5.68.